The molecular weight excluding hydrogens is 556 g/mol. The number of pyridine rings is 1. The zero-order valence-electron chi connectivity index (χ0n) is 22.8. The minimum absolute atomic E-state index is 0.123. The second-order valence-corrected chi connectivity index (χ2v) is 10.3. The van der Waals surface area contributed by atoms with Gasteiger partial charge in [-0.25, -0.2) is 23.9 Å². The Kier molecular flexibility index (Phi) is 6.91. The van der Waals surface area contributed by atoms with Crippen LogP contribution in [0.1, 0.15) is 34.9 Å². The Morgan fingerprint density at radius 2 is 1.86 bits per heavy atom. The predicted octanol–water partition coefficient (Wildman–Crippen LogP) is 5.01. The standard InChI is InChI=1S/C30H25F2N9O2/c31-21-3-1-19(2-4-21)28-29(40(18-34-28)23-8-12-39(13-9-23)16-22-10-14-43-38-22)24-5-6-27-35-26(17-41(27)37-24)36-30(42)20-7-11-33-25(32)15-20/h1-7,10-11,14-15,17-18,23H,8-9,12-13,16H2,(H,36,42). The van der Waals surface area contributed by atoms with Crippen molar-refractivity contribution >= 4 is 17.4 Å². The average molecular weight is 582 g/mol. The molecule has 6 aromatic rings. The Labute approximate surface area is 243 Å². The van der Waals surface area contributed by atoms with Crippen LogP contribution in [0.3, 0.4) is 0 Å². The number of fused-ring (bicyclic) bond motifs is 1. The molecule has 0 unspecified atom stereocenters. The summed E-state index contributed by atoms with van der Waals surface area (Å²) in [5, 5.41) is 11.5. The Balaban J connectivity index is 1.20. The van der Waals surface area contributed by atoms with E-state index in [9.17, 15) is 13.6 Å². The molecule has 6 heterocycles. The van der Waals surface area contributed by atoms with Gasteiger partial charge in [0.25, 0.3) is 5.91 Å². The summed E-state index contributed by atoms with van der Waals surface area (Å²) in [6.45, 7) is 2.48. The number of hydrogen-bond donors (Lipinski definition) is 1. The minimum atomic E-state index is -0.747. The molecule has 13 heteroatoms. The lowest BCUT2D eigenvalue weighted by atomic mass is 10.0. The highest BCUT2D eigenvalue weighted by molar-refractivity contribution is 6.03. The van der Waals surface area contributed by atoms with E-state index in [2.05, 4.69) is 29.9 Å². The van der Waals surface area contributed by atoms with Gasteiger partial charge in [-0.05, 0) is 55.3 Å². The van der Waals surface area contributed by atoms with Crippen LogP contribution in [0.4, 0.5) is 14.6 Å². The summed E-state index contributed by atoms with van der Waals surface area (Å²) < 4.78 is 36.0. The van der Waals surface area contributed by atoms with Crippen LogP contribution in [-0.2, 0) is 6.54 Å². The molecule has 0 radical (unpaired) electrons. The first-order chi connectivity index (χ1) is 21.0. The van der Waals surface area contributed by atoms with Crippen LogP contribution < -0.4 is 5.32 Å². The highest BCUT2D eigenvalue weighted by atomic mass is 19.1. The van der Waals surface area contributed by atoms with Gasteiger partial charge in [0.05, 0.1) is 29.6 Å². The van der Waals surface area contributed by atoms with E-state index < -0.39 is 11.9 Å². The van der Waals surface area contributed by atoms with Crippen LogP contribution in [0.15, 0.2) is 84.1 Å². The number of carbonyl (C=O) groups is 1. The molecule has 0 aliphatic carbocycles. The van der Waals surface area contributed by atoms with E-state index in [0.717, 1.165) is 55.5 Å². The fourth-order valence-corrected chi connectivity index (χ4v) is 5.42. The highest BCUT2D eigenvalue weighted by Gasteiger charge is 2.26. The third-order valence-corrected chi connectivity index (χ3v) is 7.53. The van der Waals surface area contributed by atoms with E-state index in [1.807, 2.05) is 18.5 Å². The van der Waals surface area contributed by atoms with Crippen LogP contribution in [0, 0.1) is 11.8 Å². The highest BCUT2D eigenvalue weighted by Crippen LogP contribution is 2.35. The number of nitrogens with one attached hydrogen (secondary N) is 1. The third-order valence-electron chi connectivity index (χ3n) is 7.53. The molecule has 7 rings (SSSR count). The molecule has 1 N–H and O–H groups in total. The van der Waals surface area contributed by atoms with Crippen LogP contribution >= 0.6 is 0 Å². The normalized spacial score (nSPS) is 14.4. The van der Waals surface area contributed by atoms with E-state index in [0.29, 0.717) is 17.0 Å². The summed E-state index contributed by atoms with van der Waals surface area (Å²) in [7, 11) is 0. The van der Waals surface area contributed by atoms with Gasteiger partial charge in [0, 0.05) is 55.1 Å². The van der Waals surface area contributed by atoms with Gasteiger partial charge in [-0.15, -0.1) is 0 Å². The minimum Gasteiger partial charge on any atom is -0.364 e. The number of nitrogens with zero attached hydrogens (tertiary/aromatic N) is 8. The summed E-state index contributed by atoms with van der Waals surface area (Å²) in [5.41, 5.74) is 4.43. The maximum absolute atomic E-state index is 13.8. The number of imidazole rings is 2. The van der Waals surface area contributed by atoms with Crippen molar-refractivity contribution in [2.45, 2.75) is 25.4 Å². The molecule has 1 aliphatic heterocycles. The smallest absolute Gasteiger partial charge is 0.257 e. The summed E-state index contributed by atoms with van der Waals surface area (Å²) in [6.07, 6.45) is 8.01. The van der Waals surface area contributed by atoms with Crippen LogP contribution in [0.2, 0.25) is 0 Å². The molecule has 216 valence electrons. The average Bonchev–Trinajstić information content (AvgIpc) is 3.78. The first kappa shape index (κ1) is 26.6. The largest absolute Gasteiger partial charge is 0.364 e. The predicted molar refractivity (Wildman–Crippen MR) is 152 cm³/mol. The van der Waals surface area contributed by atoms with E-state index in [1.54, 1.807) is 35.2 Å². The van der Waals surface area contributed by atoms with Gasteiger partial charge in [0.15, 0.2) is 11.5 Å². The fraction of sp³-hybridized carbons (Fsp3) is 0.200. The van der Waals surface area contributed by atoms with Crippen molar-refractivity contribution in [1.29, 1.82) is 0 Å². The van der Waals surface area contributed by atoms with Gasteiger partial charge >= 0.3 is 0 Å². The van der Waals surface area contributed by atoms with Crippen molar-refractivity contribution < 1.29 is 18.1 Å². The lowest BCUT2D eigenvalue weighted by molar-refractivity contribution is 0.102. The summed E-state index contributed by atoms with van der Waals surface area (Å²) >= 11 is 0. The van der Waals surface area contributed by atoms with Crippen molar-refractivity contribution in [2.24, 2.45) is 0 Å². The molecule has 1 saturated heterocycles. The Morgan fingerprint density at radius 1 is 1.02 bits per heavy atom. The van der Waals surface area contributed by atoms with E-state index in [1.165, 1.54) is 24.4 Å². The lowest BCUT2D eigenvalue weighted by Gasteiger charge is -2.32. The molecule has 11 nitrogen and oxygen atoms in total. The SMILES string of the molecule is O=C(Nc1cn2nc(-c3c(-c4ccc(F)cc4)ncn3C3CCN(Cc4ccon4)CC3)ccc2n1)c1ccnc(F)c1. The maximum Gasteiger partial charge on any atom is 0.257 e. The summed E-state index contributed by atoms with van der Waals surface area (Å²) in [5.74, 6) is -1.33. The zero-order chi connectivity index (χ0) is 29.3. The number of aromatic nitrogens is 7. The first-order valence-electron chi connectivity index (χ1n) is 13.7. The quantitative estimate of drug-likeness (QED) is 0.262. The van der Waals surface area contributed by atoms with Crippen molar-refractivity contribution in [2.75, 3.05) is 18.4 Å². The van der Waals surface area contributed by atoms with E-state index in [4.69, 9.17) is 14.6 Å². The molecule has 0 saturated carbocycles. The summed E-state index contributed by atoms with van der Waals surface area (Å²) in [6, 6.07) is 14.4. The van der Waals surface area contributed by atoms with Gasteiger partial charge in [0.1, 0.15) is 17.8 Å². The molecule has 5 aromatic heterocycles. The molecule has 1 aliphatic rings. The van der Waals surface area contributed by atoms with Gasteiger partial charge in [-0.2, -0.15) is 9.49 Å². The van der Waals surface area contributed by atoms with E-state index >= 15 is 0 Å². The molecule has 1 aromatic carbocycles. The van der Waals surface area contributed by atoms with E-state index in [-0.39, 0.29) is 23.2 Å². The number of piperidine rings is 1. The number of halogens is 2. The number of benzene rings is 1. The molecule has 1 amide bonds. The fourth-order valence-electron chi connectivity index (χ4n) is 5.42. The number of hydrogen-bond acceptors (Lipinski definition) is 8. The molecular formula is C30H25F2N9O2. The van der Waals surface area contributed by atoms with Crippen LogP contribution in [0.25, 0.3) is 28.3 Å². The zero-order valence-corrected chi connectivity index (χ0v) is 22.8. The van der Waals surface area contributed by atoms with Gasteiger partial charge in [0.2, 0.25) is 5.95 Å². The monoisotopic (exact) mass is 581 g/mol. The lowest BCUT2D eigenvalue weighted by Crippen LogP contribution is -2.34. The maximum atomic E-state index is 13.8. The molecule has 1 fully saturated rings. The second-order valence-electron chi connectivity index (χ2n) is 10.3. The van der Waals surface area contributed by atoms with Crippen molar-refractivity contribution in [1.82, 2.24) is 39.2 Å². The third kappa shape index (κ3) is 5.49. The first-order valence-corrected chi connectivity index (χ1v) is 13.7. The Morgan fingerprint density at radius 3 is 2.63 bits per heavy atom. The van der Waals surface area contributed by atoms with Crippen LogP contribution in [-0.4, -0.2) is 58.2 Å². The number of carbonyl (C=O) groups excluding carboxylic acids is 1. The molecule has 0 spiro atoms. The molecule has 0 atom stereocenters. The Bertz CT molecular complexity index is 1890. The summed E-state index contributed by atoms with van der Waals surface area (Å²) in [4.78, 5) is 27.7. The second kappa shape index (κ2) is 11.2. The number of amides is 1. The molecule has 43 heavy (non-hydrogen) atoms. The Hall–Kier alpha value is -5.30. The van der Waals surface area contributed by atoms with Crippen LogP contribution in [0.5, 0.6) is 0 Å². The number of likely N-dealkylation sites (tertiary alicyclic amines) is 1. The van der Waals surface area contributed by atoms with Gasteiger partial charge < -0.3 is 14.4 Å². The topological polar surface area (TPSA) is 119 Å². The van der Waals surface area contributed by atoms with Gasteiger partial charge in [-0.1, -0.05) is 5.16 Å². The van der Waals surface area contributed by atoms with Crippen molar-refractivity contribution in [3.05, 3.63) is 103 Å². The van der Waals surface area contributed by atoms with Gasteiger partial charge in [-0.3, -0.25) is 9.69 Å². The van der Waals surface area contributed by atoms with Crippen molar-refractivity contribution in [3.63, 3.8) is 0 Å². The molecule has 0 bridgehead atoms. The van der Waals surface area contributed by atoms with Crippen molar-refractivity contribution in [3.8, 4) is 22.6 Å². The number of anilines is 1. The number of rotatable bonds is 7.